The Labute approximate surface area is 151 Å². The van der Waals surface area contributed by atoms with Crippen molar-refractivity contribution in [3.63, 3.8) is 0 Å². The number of fused-ring (bicyclic) bond motifs is 3. The lowest BCUT2D eigenvalue weighted by Gasteiger charge is -2.20. The van der Waals surface area contributed by atoms with Crippen molar-refractivity contribution >= 4 is 27.9 Å². The van der Waals surface area contributed by atoms with Gasteiger partial charge in [-0.1, -0.05) is 18.2 Å². The van der Waals surface area contributed by atoms with E-state index in [1.807, 2.05) is 63.4 Å². The van der Waals surface area contributed by atoms with Crippen LogP contribution in [0.15, 0.2) is 61.2 Å². The number of ether oxygens (including phenoxy) is 1. The summed E-state index contributed by atoms with van der Waals surface area (Å²) in [6, 6.07) is 11.8. The van der Waals surface area contributed by atoms with Crippen molar-refractivity contribution in [3.8, 4) is 11.1 Å². The van der Waals surface area contributed by atoms with Gasteiger partial charge in [0.05, 0.1) is 11.0 Å². The molecule has 0 saturated heterocycles. The Balaban J connectivity index is 1.98. The van der Waals surface area contributed by atoms with E-state index >= 15 is 0 Å². The second kappa shape index (κ2) is 5.95. The lowest BCUT2D eigenvalue weighted by Crippen LogP contribution is -2.27. The van der Waals surface area contributed by atoms with Crippen LogP contribution in [-0.4, -0.2) is 26.2 Å². The zero-order valence-electron chi connectivity index (χ0n) is 14.9. The number of carbonyl (C=O) groups is 1. The minimum Gasteiger partial charge on any atom is -0.443 e. The van der Waals surface area contributed by atoms with E-state index in [9.17, 15) is 4.79 Å². The molecule has 5 heteroatoms. The highest BCUT2D eigenvalue weighted by molar-refractivity contribution is 6.12. The summed E-state index contributed by atoms with van der Waals surface area (Å²) >= 11 is 0. The maximum atomic E-state index is 12.9. The molecular weight excluding hydrogens is 326 g/mol. The average Bonchev–Trinajstić information content (AvgIpc) is 2.95. The van der Waals surface area contributed by atoms with E-state index in [0.717, 1.165) is 32.9 Å². The summed E-state index contributed by atoms with van der Waals surface area (Å²) in [7, 11) is 0. The molecule has 0 atom stereocenters. The van der Waals surface area contributed by atoms with Gasteiger partial charge in [0.15, 0.2) is 0 Å². The summed E-state index contributed by atoms with van der Waals surface area (Å²) < 4.78 is 7.26. The van der Waals surface area contributed by atoms with Crippen molar-refractivity contribution in [2.75, 3.05) is 0 Å². The SMILES string of the molecule is CC(C)(C)OC(=O)n1c2ccncc2c2ccc(-c3cccnc3)cc21. The summed E-state index contributed by atoms with van der Waals surface area (Å²) in [5.74, 6) is 0. The Morgan fingerprint density at radius 3 is 2.46 bits per heavy atom. The van der Waals surface area contributed by atoms with Gasteiger partial charge in [0, 0.05) is 41.1 Å². The van der Waals surface area contributed by atoms with Crippen molar-refractivity contribution < 1.29 is 9.53 Å². The second-order valence-corrected chi connectivity index (χ2v) is 7.18. The first-order chi connectivity index (χ1) is 12.4. The molecular formula is C21H19N3O2. The lowest BCUT2D eigenvalue weighted by atomic mass is 10.1. The van der Waals surface area contributed by atoms with Crippen molar-refractivity contribution in [2.45, 2.75) is 26.4 Å². The van der Waals surface area contributed by atoms with Crippen LogP contribution in [-0.2, 0) is 4.74 Å². The van der Waals surface area contributed by atoms with Crippen LogP contribution < -0.4 is 0 Å². The summed E-state index contributed by atoms with van der Waals surface area (Å²) in [5.41, 5.74) is 2.99. The predicted octanol–water partition coefficient (Wildman–Crippen LogP) is 5.03. The molecule has 0 unspecified atom stereocenters. The zero-order valence-corrected chi connectivity index (χ0v) is 14.9. The van der Waals surface area contributed by atoms with Crippen LogP contribution in [0.4, 0.5) is 4.79 Å². The molecule has 1 aromatic carbocycles. The molecule has 3 aromatic heterocycles. The number of pyridine rings is 2. The van der Waals surface area contributed by atoms with E-state index in [-0.39, 0.29) is 0 Å². The Kier molecular flexibility index (Phi) is 3.72. The highest BCUT2D eigenvalue weighted by Crippen LogP contribution is 2.32. The Hall–Kier alpha value is -3.21. The van der Waals surface area contributed by atoms with Gasteiger partial charge in [0.2, 0.25) is 0 Å². The summed E-state index contributed by atoms with van der Waals surface area (Å²) in [5, 5.41) is 1.89. The van der Waals surface area contributed by atoms with Gasteiger partial charge < -0.3 is 4.74 Å². The molecule has 0 amide bonds. The predicted molar refractivity (Wildman–Crippen MR) is 102 cm³/mol. The van der Waals surface area contributed by atoms with E-state index in [4.69, 9.17) is 4.74 Å². The number of benzene rings is 1. The summed E-state index contributed by atoms with van der Waals surface area (Å²) in [6.45, 7) is 5.59. The molecule has 5 nitrogen and oxygen atoms in total. The minimum absolute atomic E-state index is 0.396. The fraction of sp³-hybridized carbons (Fsp3) is 0.190. The molecule has 4 aromatic rings. The first-order valence-electron chi connectivity index (χ1n) is 8.46. The Morgan fingerprint density at radius 2 is 1.73 bits per heavy atom. The first-order valence-corrected chi connectivity index (χ1v) is 8.46. The molecule has 130 valence electrons. The fourth-order valence-electron chi connectivity index (χ4n) is 3.08. The topological polar surface area (TPSA) is 57.0 Å². The van der Waals surface area contributed by atoms with E-state index in [1.54, 1.807) is 23.2 Å². The monoisotopic (exact) mass is 345 g/mol. The molecule has 0 spiro atoms. The number of aromatic nitrogens is 3. The molecule has 0 bridgehead atoms. The average molecular weight is 345 g/mol. The van der Waals surface area contributed by atoms with E-state index < -0.39 is 11.7 Å². The molecule has 4 rings (SSSR count). The van der Waals surface area contributed by atoms with E-state index in [0.29, 0.717) is 0 Å². The smallest absolute Gasteiger partial charge is 0.419 e. The third kappa shape index (κ3) is 2.81. The van der Waals surface area contributed by atoms with E-state index in [1.165, 1.54) is 0 Å². The molecule has 0 N–H and O–H groups in total. The van der Waals surface area contributed by atoms with Gasteiger partial charge in [-0.2, -0.15) is 0 Å². The van der Waals surface area contributed by atoms with Gasteiger partial charge in [-0.3, -0.25) is 9.97 Å². The second-order valence-electron chi connectivity index (χ2n) is 7.18. The van der Waals surface area contributed by atoms with Crippen LogP contribution in [0.2, 0.25) is 0 Å². The van der Waals surface area contributed by atoms with Gasteiger partial charge in [0.1, 0.15) is 5.60 Å². The highest BCUT2D eigenvalue weighted by atomic mass is 16.6. The summed E-state index contributed by atoms with van der Waals surface area (Å²) in [4.78, 5) is 21.3. The maximum absolute atomic E-state index is 12.9. The zero-order chi connectivity index (χ0) is 18.3. The van der Waals surface area contributed by atoms with Gasteiger partial charge in [-0.15, -0.1) is 0 Å². The minimum atomic E-state index is -0.575. The van der Waals surface area contributed by atoms with E-state index in [2.05, 4.69) is 9.97 Å². The van der Waals surface area contributed by atoms with Crippen molar-refractivity contribution in [1.82, 2.24) is 14.5 Å². The largest absolute Gasteiger partial charge is 0.443 e. The molecule has 3 heterocycles. The van der Waals surface area contributed by atoms with Crippen LogP contribution in [0.1, 0.15) is 20.8 Å². The van der Waals surface area contributed by atoms with Crippen molar-refractivity contribution in [3.05, 3.63) is 61.2 Å². The number of hydrogen-bond acceptors (Lipinski definition) is 4. The molecule has 0 saturated carbocycles. The first kappa shape index (κ1) is 16.3. The third-order valence-corrected chi connectivity index (χ3v) is 4.14. The van der Waals surface area contributed by atoms with Gasteiger partial charge in [-0.05, 0) is 44.5 Å². The summed E-state index contributed by atoms with van der Waals surface area (Å²) in [6.07, 6.45) is 6.62. The molecule has 0 aliphatic carbocycles. The molecule has 0 radical (unpaired) electrons. The number of hydrogen-bond donors (Lipinski definition) is 0. The number of carbonyl (C=O) groups excluding carboxylic acids is 1. The van der Waals surface area contributed by atoms with Crippen LogP contribution in [0, 0.1) is 0 Å². The van der Waals surface area contributed by atoms with Crippen molar-refractivity contribution in [2.24, 2.45) is 0 Å². The molecule has 26 heavy (non-hydrogen) atoms. The quantitative estimate of drug-likeness (QED) is 0.485. The van der Waals surface area contributed by atoms with Gasteiger partial charge in [-0.25, -0.2) is 9.36 Å². The normalized spacial score (nSPS) is 11.8. The highest BCUT2D eigenvalue weighted by Gasteiger charge is 2.22. The Morgan fingerprint density at radius 1 is 0.923 bits per heavy atom. The molecule has 0 aliphatic rings. The maximum Gasteiger partial charge on any atom is 0.419 e. The van der Waals surface area contributed by atoms with Crippen LogP contribution in [0.3, 0.4) is 0 Å². The Bertz CT molecular complexity index is 1110. The number of nitrogens with zero attached hydrogens (tertiary/aromatic N) is 3. The van der Waals surface area contributed by atoms with Gasteiger partial charge in [0.25, 0.3) is 0 Å². The van der Waals surface area contributed by atoms with Crippen LogP contribution in [0.25, 0.3) is 32.9 Å². The van der Waals surface area contributed by atoms with Gasteiger partial charge >= 0.3 is 6.09 Å². The molecule has 0 aliphatic heterocycles. The fourth-order valence-corrected chi connectivity index (χ4v) is 3.08. The number of rotatable bonds is 1. The third-order valence-electron chi connectivity index (χ3n) is 4.14. The van der Waals surface area contributed by atoms with Crippen molar-refractivity contribution in [1.29, 1.82) is 0 Å². The lowest BCUT2D eigenvalue weighted by molar-refractivity contribution is 0.0551. The standard InChI is InChI=1S/C21H19N3O2/c1-21(2,3)26-20(25)24-18-8-10-23-13-17(18)16-7-6-14(11-19(16)24)15-5-4-9-22-12-15/h4-13H,1-3H3. The van der Waals surface area contributed by atoms with Crippen LogP contribution in [0.5, 0.6) is 0 Å². The molecule has 0 fully saturated rings. The van der Waals surface area contributed by atoms with Crippen LogP contribution >= 0.6 is 0 Å².